The number of imidazole rings is 1. The number of hydrogen-bond donors (Lipinski definition) is 1. The Kier molecular flexibility index (Phi) is 5.76. The van der Waals surface area contributed by atoms with Crippen molar-refractivity contribution < 1.29 is 0 Å². The molecule has 0 bridgehead atoms. The highest BCUT2D eigenvalue weighted by molar-refractivity contribution is 7.02. The molecule has 172 valence electrons. The highest BCUT2D eigenvalue weighted by atomic mass is 28.3. The van der Waals surface area contributed by atoms with E-state index in [9.17, 15) is 0 Å². The maximum Gasteiger partial charge on any atom is 0.141 e. The summed E-state index contributed by atoms with van der Waals surface area (Å²) in [5.41, 5.74) is 4.50. The lowest BCUT2D eigenvalue weighted by Gasteiger charge is -2.30. The number of benzene rings is 3. The second-order valence-electron chi connectivity index (χ2n) is 9.21. The first kappa shape index (κ1) is 21.6. The number of para-hydroxylation sites is 1. The Hall–Kier alpha value is -3.96. The van der Waals surface area contributed by atoms with Gasteiger partial charge in [0.05, 0.1) is 0 Å². The van der Waals surface area contributed by atoms with Crippen LogP contribution in [0.15, 0.2) is 116 Å². The Morgan fingerprint density at radius 2 is 1.40 bits per heavy atom. The van der Waals surface area contributed by atoms with Gasteiger partial charge in [-0.1, -0.05) is 66.6 Å². The zero-order valence-corrected chi connectivity index (χ0v) is 20.6. The molecule has 5 heteroatoms. The molecule has 2 aromatic heterocycles. The van der Waals surface area contributed by atoms with Crippen LogP contribution in [0.25, 0.3) is 11.4 Å². The van der Waals surface area contributed by atoms with Crippen LogP contribution in [0.2, 0.25) is 12.1 Å². The summed E-state index contributed by atoms with van der Waals surface area (Å²) in [6, 6.07) is 37.4. The Balaban J connectivity index is 1.49. The van der Waals surface area contributed by atoms with Crippen LogP contribution in [0.5, 0.6) is 0 Å². The molecule has 4 nitrogen and oxygen atoms in total. The van der Waals surface area contributed by atoms with Gasteiger partial charge in [0.25, 0.3) is 0 Å². The molecule has 1 saturated heterocycles. The van der Waals surface area contributed by atoms with Crippen LogP contribution >= 0.6 is 0 Å². The van der Waals surface area contributed by atoms with Crippen LogP contribution in [0.3, 0.4) is 0 Å². The molecule has 0 atom stereocenters. The third kappa shape index (κ3) is 4.08. The van der Waals surface area contributed by atoms with Crippen molar-refractivity contribution >= 4 is 35.6 Å². The van der Waals surface area contributed by atoms with Crippen LogP contribution in [-0.2, 0) is 0 Å². The molecule has 35 heavy (non-hydrogen) atoms. The maximum atomic E-state index is 4.88. The van der Waals surface area contributed by atoms with Crippen LogP contribution in [0.1, 0.15) is 12.8 Å². The predicted octanol–water partition coefficient (Wildman–Crippen LogP) is 6.30. The first-order valence-electron chi connectivity index (χ1n) is 12.3. The third-order valence-electron chi connectivity index (χ3n) is 7.16. The van der Waals surface area contributed by atoms with Crippen LogP contribution in [0.4, 0.5) is 17.1 Å². The first-order valence-corrected chi connectivity index (χ1v) is 14.7. The summed E-state index contributed by atoms with van der Waals surface area (Å²) in [7, 11) is -1.87. The minimum atomic E-state index is -1.87. The summed E-state index contributed by atoms with van der Waals surface area (Å²) in [4.78, 5) is 14.9. The summed E-state index contributed by atoms with van der Waals surface area (Å²) in [6.45, 7) is 0. The molecule has 3 heterocycles. The summed E-state index contributed by atoms with van der Waals surface area (Å²) in [5.74, 6) is 0.876. The van der Waals surface area contributed by atoms with Crippen molar-refractivity contribution in [3.63, 3.8) is 0 Å². The van der Waals surface area contributed by atoms with Gasteiger partial charge in [-0.3, -0.25) is 4.98 Å². The fourth-order valence-electron chi connectivity index (χ4n) is 5.50. The van der Waals surface area contributed by atoms with Gasteiger partial charge in [-0.15, -0.1) is 0 Å². The number of hydrogen-bond acceptors (Lipinski definition) is 3. The minimum absolute atomic E-state index is 0.876. The van der Waals surface area contributed by atoms with Crippen molar-refractivity contribution in [3.8, 4) is 11.4 Å². The van der Waals surface area contributed by atoms with E-state index in [1.165, 1.54) is 41.1 Å². The van der Waals surface area contributed by atoms with Gasteiger partial charge in [0, 0.05) is 46.5 Å². The molecule has 0 radical (unpaired) electrons. The van der Waals surface area contributed by atoms with E-state index >= 15 is 0 Å². The smallest absolute Gasteiger partial charge is 0.141 e. The topological polar surface area (TPSA) is 44.8 Å². The van der Waals surface area contributed by atoms with E-state index in [1.54, 1.807) is 6.20 Å². The van der Waals surface area contributed by atoms with Gasteiger partial charge in [-0.25, -0.2) is 4.98 Å². The van der Waals surface area contributed by atoms with Crippen molar-refractivity contribution in [2.75, 3.05) is 4.90 Å². The van der Waals surface area contributed by atoms with E-state index in [2.05, 4.69) is 106 Å². The molecule has 1 aliphatic heterocycles. The van der Waals surface area contributed by atoms with E-state index < -0.39 is 8.07 Å². The van der Waals surface area contributed by atoms with E-state index in [1.807, 2.05) is 18.5 Å². The fraction of sp³-hybridized carbons (Fsp3) is 0.133. The van der Waals surface area contributed by atoms with Crippen LogP contribution in [0, 0.1) is 0 Å². The summed E-state index contributed by atoms with van der Waals surface area (Å²) >= 11 is 0. The van der Waals surface area contributed by atoms with Crippen LogP contribution in [-0.4, -0.2) is 23.0 Å². The van der Waals surface area contributed by atoms with Gasteiger partial charge < -0.3 is 9.88 Å². The van der Waals surface area contributed by atoms with Gasteiger partial charge in [-0.2, -0.15) is 0 Å². The van der Waals surface area contributed by atoms with E-state index in [4.69, 9.17) is 4.98 Å². The quantitative estimate of drug-likeness (QED) is 0.295. The Bertz CT molecular complexity index is 1400. The second kappa shape index (κ2) is 9.35. The summed E-state index contributed by atoms with van der Waals surface area (Å²) in [5, 5.41) is 2.80. The number of aromatic nitrogens is 3. The van der Waals surface area contributed by atoms with Gasteiger partial charge >= 0.3 is 0 Å². The molecule has 5 aromatic rings. The standard InChI is InChI=1S/C30H28N4Si/c1-2-11-25(12-3-1)34(26-13-8-10-24(22-26)30-32-18-19-33-30)27-14-9-15-28(23-27)35(20-6-7-21-35)29-16-4-5-17-31-29/h1-5,8-19,22-23H,6-7,20-21H2,(H,32,33). The number of anilines is 3. The lowest BCUT2D eigenvalue weighted by Crippen LogP contribution is -2.57. The molecule has 0 saturated carbocycles. The maximum absolute atomic E-state index is 4.88. The van der Waals surface area contributed by atoms with Gasteiger partial charge in [-0.05, 0) is 60.6 Å². The molecule has 1 N–H and O–H groups in total. The monoisotopic (exact) mass is 472 g/mol. The molecule has 3 aromatic carbocycles. The number of H-pyrrole nitrogens is 1. The minimum Gasteiger partial charge on any atom is -0.345 e. The highest BCUT2D eigenvalue weighted by Crippen LogP contribution is 2.37. The van der Waals surface area contributed by atoms with Gasteiger partial charge in [0.1, 0.15) is 13.9 Å². The van der Waals surface area contributed by atoms with E-state index in [-0.39, 0.29) is 0 Å². The number of pyridine rings is 1. The van der Waals surface area contributed by atoms with Crippen LogP contribution < -0.4 is 15.4 Å². The molecule has 0 unspecified atom stereocenters. The van der Waals surface area contributed by atoms with Crippen molar-refractivity contribution in [2.45, 2.75) is 24.9 Å². The molecule has 6 rings (SSSR count). The van der Waals surface area contributed by atoms with Crippen molar-refractivity contribution in [3.05, 3.63) is 116 Å². The lowest BCUT2D eigenvalue weighted by molar-refractivity contribution is 0.935. The Labute approximate surface area is 207 Å². The third-order valence-corrected chi connectivity index (χ3v) is 12.3. The predicted molar refractivity (Wildman–Crippen MR) is 147 cm³/mol. The fourth-order valence-corrected chi connectivity index (χ4v) is 10.4. The van der Waals surface area contributed by atoms with E-state index in [0.29, 0.717) is 0 Å². The Morgan fingerprint density at radius 3 is 2.14 bits per heavy atom. The normalized spacial score (nSPS) is 14.6. The molecule has 0 spiro atoms. The zero-order valence-electron chi connectivity index (χ0n) is 19.6. The summed E-state index contributed by atoms with van der Waals surface area (Å²) < 4.78 is 0. The largest absolute Gasteiger partial charge is 0.345 e. The van der Waals surface area contributed by atoms with Gasteiger partial charge in [0.2, 0.25) is 0 Å². The average Bonchev–Trinajstić information content (AvgIpc) is 3.64. The van der Waals surface area contributed by atoms with E-state index in [0.717, 1.165) is 22.8 Å². The molecule has 1 aliphatic rings. The molecular formula is C30H28N4Si. The number of aromatic amines is 1. The Morgan fingerprint density at radius 1 is 0.657 bits per heavy atom. The van der Waals surface area contributed by atoms with Crippen molar-refractivity contribution in [1.82, 2.24) is 15.0 Å². The SMILES string of the molecule is c1ccc(N(c2cccc(-c3ncc[nH]3)c2)c2cccc([Si]3(c4ccccn4)CCCC3)c2)cc1. The number of nitrogens with one attached hydrogen (secondary N) is 1. The van der Waals surface area contributed by atoms with Gasteiger partial charge in [0.15, 0.2) is 0 Å². The lowest BCUT2D eigenvalue weighted by atomic mass is 10.1. The van der Waals surface area contributed by atoms with Crippen molar-refractivity contribution in [1.29, 1.82) is 0 Å². The highest BCUT2D eigenvalue weighted by Gasteiger charge is 2.41. The molecule has 0 aliphatic carbocycles. The number of nitrogens with zero attached hydrogens (tertiary/aromatic N) is 3. The summed E-state index contributed by atoms with van der Waals surface area (Å²) in [6.07, 6.45) is 8.21. The number of rotatable bonds is 6. The second-order valence-corrected chi connectivity index (χ2v) is 13.5. The zero-order chi connectivity index (χ0) is 23.5. The molecule has 0 amide bonds. The molecular weight excluding hydrogens is 444 g/mol. The average molecular weight is 473 g/mol. The van der Waals surface area contributed by atoms with Crippen molar-refractivity contribution in [2.24, 2.45) is 0 Å². The first-order chi connectivity index (χ1) is 17.3. The molecule has 1 fully saturated rings.